The van der Waals surface area contributed by atoms with Crippen molar-refractivity contribution in [3.05, 3.63) is 72.3 Å². The van der Waals surface area contributed by atoms with E-state index in [-0.39, 0.29) is 33.8 Å². The van der Waals surface area contributed by atoms with Crippen molar-refractivity contribution in [2.75, 3.05) is 20.3 Å². The summed E-state index contributed by atoms with van der Waals surface area (Å²) in [5.41, 5.74) is -1.63. The summed E-state index contributed by atoms with van der Waals surface area (Å²) in [7, 11) is -7.71. The highest BCUT2D eigenvalue weighted by Gasteiger charge is 2.57. The van der Waals surface area contributed by atoms with E-state index in [9.17, 15) is 18.7 Å². The summed E-state index contributed by atoms with van der Waals surface area (Å²) in [5.74, 6) is -1.24. The van der Waals surface area contributed by atoms with Gasteiger partial charge in [-0.15, -0.1) is 0 Å². The third-order valence-electron chi connectivity index (χ3n) is 8.74. The van der Waals surface area contributed by atoms with Crippen molar-refractivity contribution in [1.29, 1.82) is 0 Å². The summed E-state index contributed by atoms with van der Waals surface area (Å²) in [6.07, 6.45) is -4.65. The maximum Gasteiger partial charge on any atom is 0.459 e. The lowest BCUT2D eigenvalue weighted by atomic mass is 9.82. The first-order valence-corrected chi connectivity index (χ1v) is 22.0. The second kappa shape index (κ2) is 19.5. The number of alkyl halides is 1. The fourth-order valence-electron chi connectivity index (χ4n) is 5.76. The molecule has 4 aromatic rings. The molecule has 322 valence electrons. The van der Waals surface area contributed by atoms with Crippen LogP contribution in [-0.4, -0.2) is 88.3 Å². The van der Waals surface area contributed by atoms with Gasteiger partial charge in [-0.3, -0.25) is 23.2 Å². The van der Waals surface area contributed by atoms with E-state index in [0.717, 1.165) is 0 Å². The van der Waals surface area contributed by atoms with E-state index in [4.69, 9.17) is 48.6 Å². The van der Waals surface area contributed by atoms with Crippen molar-refractivity contribution in [2.45, 2.75) is 91.3 Å². The standard InChI is InChI=1S/C37H48ClFN6O12P2/c1-22(2)53-34(46)24(5)43-58(48,56-26-15-11-9-12-16-26)51-19-28-37(7,30(39)33(55-28)45-21-40-29-31(45)41-36(38)42-32(29)50-8)20-52-59(49,57-27-17-13-10-14-18-27)44-25(6)35(47)54-23(3)4/h9-18,21-25,28,30,33H,19-20H2,1-8H3,(H,43,48)(H,44,49)/t24-,25-,28+,30?,33+,37?,58?,59?/m0/s1. The summed E-state index contributed by atoms with van der Waals surface area (Å²) in [5, 5.41) is 4.97. The number of methoxy groups -OCH3 is 1. The molecule has 2 aromatic heterocycles. The zero-order valence-corrected chi connectivity index (χ0v) is 36.2. The van der Waals surface area contributed by atoms with E-state index < -0.39 is 88.9 Å². The van der Waals surface area contributed by atoms with E-state index in [1.54, 1.807) is 64.1 Å². The summed E-state index contributed by atoms with van der Waals surface area (Å²) in [6, 6.07) is 13.6. The molecular weight excluding hydrogens is 837 g/mol. The Kier molecular flexibility index (Phi) is 15.1. The molecule has 2 N–H and O–H groups in total. The fraction of sp³-hybridized carbons (Fsp3) is 0.486. The predicted octanol–water partition coefficient (Wildman–Crippen LogP) is 7.00. The quantitative estimate of drug-likeness (QED) is 0.0520. The Morgan fingerprint density at radius 2 is 1.37 bits per heavy atom. The molecule has 1 fully saturated rings. The number of esters is 2. The fourth-order valence-corrected chi connectivity index (χ4v) is 9.01. The van der Waals surface area contributed by atoms with E-state index in [1.165, 1.54) is 63.0 Å². The minimum absolute atomic E-state index is 0.0171. The second-order valence-corrected chi connectivity index (χ2v) is 18.0. The first-order valence-electron chi connectivity index (χ1n) is 18.5. The number of rotatable bonds is 20. The van der Waals surface area contributed by atoms with Gasteiger partial charge < -0.3 is 28.0 Å². The number of nitrogens with zero attached hydrogens (tertiary/aromatic N) is 4. The van der Waals surface area contributed by atoms with Crippen molar-refractivity contribution >= 4 is 50.2 Å². The number of halogens is 2. The zero-order valence-electron chi connectivity index (χ0n) is 33.6. The molecule has 3 heterocycles. The first kappa shape index (κ1) is 45.9. The number of imidazole rings is 1. The monoisotopic (exact) mass is 884 g/mol. The lowest BCUT2D eigenvalue weighted by Gasteiger charge is -2.33. The van der Waals surface area contributed by atoms with Gasteiger partial charge in [0.2, 0.25) is 11.2 Å². The number of fused-ring (bicyclic) bond motifs is 1. The zero-order chi connectivity index (χ0) is 43.1. The Labute approximate surface area is 345 Å². The minimum Gasteiger partial charge on any atom is -0.479 e. The Bertz CT molecular complexity index is 2160. The molecule has 0 spiro atoms. The van der Waals surface area contributed by atoms with Gasteiger partial charge in [-0.25, -0.2) is 18.5 Å². The molecule has 5 rings (SSSR count). The van der Waals surface area contributed by atoms with Gasteiger partial charge in [-0.1, -0.05) is 43.3 Å². The second-order valence-electron chi connectivity index (χ2n) is 14.3. The minimum atomic E-state index is -4.55. The molecule has 59 heavy (non-hydrogen) atoms. The highest BCUT2D eigenvalue weighted by molar-refractivity contribution is 7.52. The van der Waals surface area contributed by atoms with E-state index in [0.29, 0.717) is 0 Å². The van der Waals surface area contributed by atoms with E-state index >= 15 is 4.39 Å². The van der Waals surface area contributed by atoms with Crippen molar-refractivity contribution in [3.8, 4) is 17.4 Å². The smallest absolute Gasteiger partial charge is 0.459 e. The largest absolute Gasteiger partial charge is 0.479 e. The number of para-hydroxylation sites is 2. The summed E-state index contributed by atoms with van der Waals surface area (Å²) in [6.45, 7) is 9.49. The average Bonchev–Trinajstić information content (AvgIpc) is 3.70. The number of nitrogens with one attached hydrogen (secondary N) is 2. The van der Waals surface area contributed by atoms with Crippen molar-refractivity contribution in [3.63, 3.8) is 0 Å². The molecule has 1 saturated heterocycles. The van der Waals surface area contributed by atoms with Gasteiger partial charge in [0.1, 0.15) is 23.6 Å². The van der Waals surface area contributed by atoms with Crippen LogP contribution in [0.25, 0.3) is 11.2 Å². The van der Waals surface area contributed by atoms with Gasteiger partial charge in [-0.2, -0.15) is 20.1 Å². The predicted molar refractivity (Wildman–Crippen MR) is 213 cm³/mol. The number of hydrogen-bond acceptors (Lipinski definition) is 15. The van der Waals surface area contributed by atoms with Crippen LogP contribution in [0.2, 0.25) is 5.28 Å². The molecule has 0 radical (unpaired) electrons. The maximum atomic E-state index is 17.4. The van der Waals surface area contributed by atoms with Gasteiger partial charge in [0.25, 0.3) is 0 Å². The third kappa shape index (κ3) is 11.6. The number of ether oxygens (including phenoxy) is 4. The summed E-state index contributed by atoms with van der Waals surface area (Å²) in [4.78, 5) is 38.2. The van der Waals surface area contributed by atoms with Gasteiger partial charge >= 0.3 is 27.4 Å². The summed E-state index contributed by atoms with van der Waals surface area (Å²) < 4.78 is 93.4. The number of hydrogen-bond donors (Lipinski definition) is 2. The summed E-state index contributed by atoms with van der Waals surface area (Å²) >= 11 is 6.19. The Morgan fingerprint density at radius 1 is 0.864 bits per heavy atom. The topological polar surface area (TPSA) is 210 Å². The van der Waals surface area contributed by atoms with Gasteiger partial charge in [-0.05, 0) is 77.4 Å². The maximum absolute atomic E-state index is 17.4. The number of carbonyl (C=O) groups is 2. The van der Waals surface area contributed by atoms with Gasteiger partial charge in [0, 0.05) is 0 Å². The van der Waals surface area contributed by atoms with Crippen LogP contribution in [0.4, 0.5) is 4.39 Å². The Morgan fingerprint density at radius 3 is 1.86 bits per heavy atom. The number of benzene rings is 2. The van der Waals surface area contributed by atoms with Gasteiger partial charge in [0.05, 0.1) is 50.4 Å². The average molecular weight is 885 g/mol. The van der Waals surface area contributed by atoms with Crippen LogP contribution in [0, 0.1) is 5.41 Å². The van der Waals surface area contributed by atoms with Crippen LogP contribution in [0.15, 0.2) is 67.0 Å². The van der Waals surface area contributed by atoms with Crippen LogP contribution in [0.1, 0.15) is 54.7 Å². The van der Waals surface area contributed by atoms with Crippen LogP contribution in [0.5, 0.6) is 17.4 Å². The Balaban J connectivity index is 1.51. The number of carbonyl (C=O) groups excluding carboxylic acids is 2. The first-order chi connectivity index (χ1) is 27.8. The molecule has 8 atom stereocenters. The Hall–Kier alpha value is -4.19. The number of aromatic nitrogens is 4. The van der Waals surface area contributed by atoms with Crippen LogP contribution >= 0.6 is 27.1 Å². The lowest BCUT2D eigenvalue weighted by Crippen LogP contribution is -2.43. The highest BCUT2D eigenvalue weighted by atomic mass is 35.5. The SMILES string of the molecule is COc1nc(Cl)nc2c1ncn2[C@@H]1O[C@H](COP(=O)(N[C@@H](C)C(=O)OC(C)C)Oc2ccccc2)C(C)(COP(=O)(N[C@@H](C)C(=O)OC(C)C)Oc2ccccc2)C1F. The molecule has 0 aliphatic carbocycles. The molecule has 18 nitrogen and oxygen atoms in total. The molecule has 4 unspecified atom stereocenters. The lowest BCUT2D eigenvalue weighted by molar-refractivity contribution is -0.150. The molecule has 22 heteroatoms. The molecule has 0 saturated carbocycles. The van der Waals surface area contributed by atoms with Crippen LogP contribution < -0.4 is 24.0 Å². The van der Waals surface area contributed by atoms with E-state index in [1.807, 2.05) is 0 Å². The normalized spacial score (nSPS) is 22.3. The van der Waals surface area contributed by atoms with Gasteiger partial charge in [0.15, 0.2) is 23.6 Å². The molecular formula is C37H48ClFN6O12P2. The molecule has 1 aliphatic rings. The third-order valence-corrected chi connectivity index (χ3v) is 12.2. The van der Waals surface area contributed by atoms with Crippen molar-refractivity contribution < 1.29 is 60.2 Å². The van der Waals surface area contributed by atoms with Crippen molar-refractivity contribution in [1.82, 2.24) is 29.7 Å². The molecule has 0 bridgehead atoms. The van der Waals surface area contributed by atoms with Crippen LogP contribution in [-0.2, 0) is 42.0 Å². The van der Waals surface area contributed by atoms with Crippen molar-refractivity contribution in [2.24, 2.45) is 5.41 Å². The molecule has 0 amide bonds. The highest BCUT2D eigenvalue weighted by Crippen LogP contribution is 2.54. The van der Waals surface area contributed by atoms with E-state index in [2.05, 4.69) is 25.1 Å². The van der Waals surface area contributed by atoms with Crippen LogP contribution in [0.3, 0.4) is 0 Å². The molecule has 1 aliphatic heterocycles. The molecule has 2 aromatic carbocycles.